The molecule has 7 nitrogen and oxygen atoms in total. The van der Waals surface area contributed by atoms with E-state index in [0.717, 1.165) is 12.1 Å². The molecule has 2 aliphatic heterocycles. The topological polar surface area (TPSA) is 67.7 Å². The van der Waals surface area contributed by atoms with Crippen LogP contribution in [0.2, 0.25) is 0 Å². The van der Waals surface area contributed by atoms with Crippen molar-refractivity contribution in [1.82, 2.24) is 14.5 Å². The van der Waals surface area contributed by atoms with E-state index < -0.39 is 22.9 Å². The Kier molecular flexibility index (Phi) is 6.64. The number of hydrogen-bond acceptors (Lipinski definition) is 4. The molecule has 3 aromatic rings. The van der Waals surface area contributed by atoms with Crippen molar-refractivity contribution in [3.05, 3.63) is 47.5 Å². The van der Waals surface area contributed by atoms with Crippen LogP contribution in [0.25, 0.3) is 22.4 Å². The molecular weight excluding hydrogens is 475 g/mol. The Morgan fingerprint density at radius 1 is 1.16 bits per heavy atom. The molecule has 2 fully saturated rings. The van der Waals surface area contributed by atoms with E-state index in [1.165, 1.54) is 11.8 Å². The molecule has 2 aromatic carbocycles. The molecule has 6 radical (unpaired) electrons. The molecule has 3 heterocycles. The molecule has 2 aliphatic rings. The van der Waals surface area contributed by atoms with Crippen molar-refractivity contribution in [3.8, 4) is 11.4 Å². The number of morpholine rings is 1. The van der Waals surface area contributed by atoms with Crippen LogP contribution in [0.1, 0.15) is 25.3 Å². The highest BCUT2D eigenvalue weighted by atomic mass is 19.1. The largest absolute Gasteiger partial charge is 0.373 e. The molecule has 1 aromatic heterocycles. The monoisotopic (exact) mass is 498 g/mol. The summed E-state index contributed by atoms with van der Waals surface area (Å²) in [6, 6.07) is 7.18. The van der Waals surface area contributed by atoms with Crippen LogP contribution >= 0.6 is 0 Å². The van der Waals surface area contributed by atoms with Gasteiger partial charge in [-0.2, -0.15) is 0 Å². The molecular formula is C25H23B3F2N4O3. The van der Waals surface area contributed by atoms with E-state index in [4.69, 9.17) is 28.3 Å². The summed E-state index contributed by atoms with van der Waals surface area (Å²) >= 11 is 0. The summed E-state index contributed by atoms with van der Waals surface area (Å²) in [5.74, 6) is -1.94. The van der Waals surface area contributed by atoms with Crippen molar-refractivity contribution in [2.75, 3.05) is 31.1 Å². The minimum Gasteiger partial charge on any atom is -0.373 e. The van der Waals surface area contributed by atoms with Gasteiger partial charge in [0.2, 0.25) is 11.8 Å². The minimum absolute atomic E-state index is 0.0293. The van der Waals surface area contributed by atoms with Crippen LogP contribution in [0.3, 0.4) is 0 Å². The number of imidazole rings is 1. The molecule has 0 spiro atoms. The standard InChI is InChI=1S/C25H23B3F2N4O3/c1-14(35)32-7-8-37-17(12-32)13-34-21-5-4-15(25(26,27)28)9-20(21)31-24(34)23-18(29)10-16(11-19(23)30)33-6-2-3-22(33)36/h4-5,9-11,17H,2-3,6-8,12-13H2,1H3/t17-/m1/s1. The average molecular weight is 498 g/mol. The zero-order chi connectivity index (χ0) is 26.5. The first-order valence-corrected chi connectivity index (χ1v) is 12.1. The van der Waals surface area contributed by atoms with E-state index in [1.54, 1.807) is 27.7 Å². The normalized spacial score (nSPS) is 18.7. The molecule has 2 amide bonds. The maximum absolute atomic E-state index is 15.5. The number of carbonyl (C=O) groups is 2. The second-order valence-corrected chi connectivity index (χ2v) is 9.57. The molecule has 0 unspecified atom stereocenters. The number of anilines is 1. The van der Waals surface area contributed by atoms with Crippen molar-refractivity contribution in [1.29, 1.82) is 0 Å². The first-order valence-electron chi connectivity index (χ1n) is 12.1. The van der Waals surface area contributed by atoms with Gasteiger partial charge in [-0.05, 0) is 30.7 Å². The van der Waals surface area contributed by atoms with Gasteiger partial charge in [-0.15, -0.1) is 5.11 Å². The Morgan fingerprint density at radius 3 is 2.51 bits per heavy atom. The second-order valence-electron chi connectivity index (χ2n) is 9.57. The molecule has 2 saturated heterocycles. The number of aromatic nitrogens is 2. The number of rotatable bonds is 5. The van der Waals surface area contributed by atoms with Crippen molar-refractivity contribution in [2.45, 2.75) is 37.5 Å². The lowest BCUT2D eigenvalue weighted by Gasteiger charge is -2.32. The van der Waals surface area contributed by atoms with E-state index in [0.29, 0.717) is 55.7 Å². The highest BCUT2D eigenvalue weighted by molar-refractivity contribution is 6.59. The first-order chi connectivity index (χ1) is 17.5. The van der Waals surface area contributed by atoms with Crippen LogP contribution in [0, 0.1) is 11.6 Å². The van der Waals surface area contributed by atoms with Crippen LogP contribution in [0.15, 0.2) is 30.3 Å². The van der Waals surface area contributed by atoms with Gasteiger partial charge in [-0.3, -0.25) is 9.59 Å². The number of fused-ring (bicyclic) bond motifs is 1. The SMILES string of the molecule is [B]C([B])([B])c1ccc2c(c1)nc(-c1c(F)cc(N3CCCC3=O)cc1F)n2C[C@H]1CN(C(C)=O)CCO1. The van der Waals surface area contributed by atoms with Gasteiger partial charge in [0.05, 0.1) is 59.4 Å². The van der Waals surface area contributed by atoms with Gasteiger partial charge >= 0.3 is 0 Å². The second kappa shape index (κ2) is 9.63. The Hall–Kier alpha value is -3.14. The summed E-state index contributed by atoms with van der Waals surface area (Å²) in [6.07, 6.45) is 0.539. The summed E-state index contributed by atoms with van der Waals surface area (Å²) < 4.78 is 38.6. The number of amides is 2. The summed E-state index contributed by atoms with van der Waals surface area (Å²) in [5, 5.41) is -1.63. The predicted molar refractivity (Wildman–Crippen MR) is 138 cm³/mol. The highest BCUT2D eigenvalue weighted by Crippen LogP contribution is 2.34. The van der Waals surface area contributed by atoms with Gasteiger partial charge in [0.25, 0.3) is 0 Å². The van der Waals surface area contributed by atoms with Crippen LogP contribution < -0.4 is 4.90 Å². The molecule has 0 saturated carbocycles. The average Bonchev–Trinajstić information content (AvgIpc) is 3.41. The summed E-state index contributed by atoms with van der Waals surface area (Å²) in [7, 11) is 17.5. The number of nitrogens with zero attached hydrogens (tertiary/aromatic N) is 4. The maximum atomic E-state index is 15.5. The molecule has 0 bridgehead atoms. The van der Waals surface area contributed by atoms with Crippen molar-refractivity contribution < 1.29 is 23.1 Å². The molecule has 184 valence electrons. The maximum Gasteiger partial charge on any atom is 0.227 e. The van der Waals surface area contributed by atoms with E-state index in [9.17, 15) is 9.59 Å². The molecule has 0 aliphatic carbocycles. The van der Waals surface area contributed by atoms with E-state index in [1.807, 2.05) is 0 Å². The fourth-order valence-corrected chi connectivity index (χ4v) is 4.94. The number of halogens is 2. The number of carbonyl (C=O) groups excluding carboxylic acids is 2. The van der Waals surface area contributed by atoms with Crippen LogP contribution in [0.5, 0.6) is 0 Å². The van der Waals surface area contributed by atoms with Crippen LogP contribution in [-0.4, -0.2) is 82.1 Å². The Morgan fingerprint density at radius 2 is 1.89 bits per heavy atom. The molecule has 1 atom stereocenters. The van der Waals surface area contributed by atoms with Crippen LogP contribution in [0.4, 0.5) is 14.5 Å². The fourth-order valence-electron chi connectivity index (χ4n) is 4.94. The Balaban J connectivity index is 1.61. The minimum atomic E-state index is -1.63. The number of benzene rings is 2. The van der Waals surface area contributed by atoms with Crippen LogP contribution in [-0.2, 0) is 26.0 Å². The molecule has 5 rings (SSSR count). The summed E-state index contributed by atoms with van der Waals surface area (Å²) in [4.78, 5) is 31.6. The van der Waals surface area contributed by atoms with Gasteiger partial charge in [-0.25, -0.2) is 13.8 Å². The van der Waals surface area contributed by atoms with E-state index in [-0.39, 0.29) is 35.4 Å². The third kappa shape index (κ3) is 4.91. The lowest BCUT2D eigenvalue weighted by molar-refractivity contribution is -0.136. The fraction of sp³-hybridized carbons (Fsp3) is 0.400. The van der Waals surface area contributed by atoms with E-state index in [2.05, 4.69) is 4.98 Å². The van der Waals surface area contributed by atoms with Gasteiger partial charge in [0.1, 0.15) is 17.5 Å². The Labute approximate surface area is 217 Å². The lowest BCUT2D eigenvalue weighted by Crippen LogP contribution is -2.46. The third-order valence-corrected chi connectivity index (χ3v) is 6.85. The Bertz CT molecular complexity index is 1370. The summed E-state index contributed by atoms with van der Waals surface area (Å²) in [5.41, 5.74) is 1.15. The first kappa shape index (κ1) is 25.5. The van der Waals surface area contributed by atoms with Crippen molar-refractivity contribution >= 4 is 52.1 Å². The predicted octanol–water partition coefficient (Wildman–Crippen LogP) is 1.97. The molecule has 37 heavy (non-hydrogen) atoms. The number of ether oxygens (including phenoxy) is 1. The summed E-state index contributed by atoms with van der Waals surface area (Å²) in [6.45, 7) is 3.21. The smallest absolute Gasteiger partial charge is 0.227 e. The molecule has 0 N–H and O–H groups in total. The van der Waals surface area contributed by atoms with E-state index >= 15 is 8.78 Å². The van der Waals surface area contributed by atoms with Gasteiger partial charge in [0.15, 0.2) is 0 Å². The molecule has 12 heteroatoms. The third-order valence-electron chi connectivity index (χ3n) is 6.85. The number of hydrogen-bond donors (Lipinski definition) is 0. The zero-order valence-corrected chi connectivity index (χ0v) is 20.4. The highest BCUT2D eigenvalue weighted by Gasteiger charge is 2.29. The van der Waals surface area contributed by atoms with Crippen molar-refractivity contribution in [3.63, 3.8) is 0 Å². The van der Waals surface area contributed by atoms with Gasteiger partial charge in [0, 0.05) is 38.7 Å². The lowest BCUT2D eigenvalue weighted by atomic mass is 9.40. The van der Waals surface area contributed by atoms with Gasteiger partial charge < -0.3 is 19.1 Å². The van der Waals surface area contributed by atoms with Gasteiger partial charge in [-0.1, -0.05) is 11.6 Å². The zero-order valence-electron chi connectivity index (χ0n) is 20.4. The quantitative estimate of drug-likeness (QED) is 0.506. The van der Waals surface area contributed by atoms with Crippen molar-refractivity contribution in [2.24, 2.45) is 0 Å².